The smallest absolute Gasteiger partial charge is 0.203 e. The van der Waals surface area contributed by atoms with E-state index in [-0.39, 0.29) is 24.0 Å². The van der Waals surface area contributed by atoms with Crippen LogP contribution in [0, 0.1) is 0 Å². The molecule has 0 radical (unpaired) electrons. The van der Waals surface area contributed by atoms with Crippen LogP contribution >= 0.6 is 24.0 Å². The Hall–Kier alpha value is -1.42. The Morgan fingerprint density at radius 3 is 2.00 bits per heavy atom. The van der Waals surface area contributed by atoms with Crippen molar-refractivity contribution in [1.82, 2.24) is 15.5 Å². The van der Waals surface area contributed by atoms with E-state index in [0.717, 1.165) is 24.6 Å². The van der Waals surface area contributed by atoms with Crippen molar-refractivity contribution in [3.05, 3.63) is 17.7 Å². The number of ether oxygens (including phenoxy) is 3. The minimum Gasteiger partial charge on any atom is -0.493 e. The SMILES string of the molecule is CCOc1c(OC)cc(CNC(=NC)NCCN(C(C)C)C(C)C)cc1OC.I. The second-order valence-electron chi connectivity index (χ2n) is 7.04. The van der Waals surface area contributed by atoms with Crippen molar-refractivity contribution in [3.8, 4) is 17.2 Å². The minimum atomic E-state index is 0. The Bertz CT molecular complexity index is 591. The van der Waals surface area contributed by atoms with Gasteiger partial charge in [-0.25, -0.2) is 0 Å². The zero-order valence-electron chi connectivity index (χ0n) is 19.2. The lowest BCUT2D eigenvalue weighted by Gasteiger charge is -2.30. The fraction of sp³-hybridized carbons (Fsp3) is 0.667. The highest BCUT2D eigenvalue weighted by atomic mass is 127. The van der Waals surface area contributed by atoms with Gasteiger partial charge in [0, 0.05) is 38.8 Å². The molecule has 0 aliphatic carbocycles. The fourth-order valence-electron chi connectivity index (χ4n) is 3.15. The quantitative estimate of drug-likeness (QED) is 0.264. The van der Waals surface area contributed by atoms with Crippen LogP contribution < -0.4 is 24.8 Å². The molecule has 1 rings (SSSR count). The molecule has 7 nitrogen and oxygen atoms in total. The predicted molar refractivity (Wildman–Crippen MR) is 131 cm³/mol. The first-order valence-corrected chi connectivity index (χ1v) is 9.95. The van der Waals surface area contributed by atoms with Crippen LogP contribution in [-0.4, -0.2) is 63.9 Å². The zero-order chi connectivity index (χ0) is 21.1. The van der Waals surface area contributed by atoms with Gasteiger partial charge in [0.25, 0.3) is 0 Å². The standard InChI is InChI=1S/C21H38N4O3.HI/c1-9-28-20-18(26-7)12-17(13-19(20)27-8)14-24-21(22-6)23-10-11-25(15(2)3)16(4)5;/h12-13,15-16H,9-11,14H2,1-8H3,(H2,22,23,24);1H. The lowest BCUT2D eigenvalue weighted by molar-refractivity contribution is 0.178. The summed E-state index contributed by atoms with van der Waals surface area (Å²) in [6.45, 7) is 13.7. The highest BCUT2D eigenvalue weighted by Crippen LogP contribution is 2.38. The van der Waals surface area contributed by atoms with Gasteiger partial charge in [-0.2, -0.15) is 0 Å². The molecular weight excluding hydrogens is 483 g/mol. The van der Waals surface area contributed by atoms with E-state index < -0.39 is 0 Å². The average molecular weight is 522 g/mol. The van der Waals surface area contributed by atoms with Crippen LogP contribution in [0.25, 0.3) is 0 Å². The van der Waals surface area contributed by atoms with Crippen molar-refractivity contribution in [3.63, 3.8) is 0 Å². The summed E-state index contributed by atoms with van der Waals surface area (Å²) in [6, 6.07) is 4.93. The Kier molecular flexibility index (Phi) is 13.8. The molecule has 0 aliphatic heterocycles. The van der Waals surface area contributed by atoms with Gasteiger partial charge in [-0.1, -0.05) is 0 Å². The summed E-state index contributed by atoms with van der Waals surface area (Å²) in [5.74, 6) is 2.71. The van der Waals surface area contributed by atoms with Crippen molar-refractivity contribution in [1.29, 1.82) is 0 Å². The molecule has 0 bridgehead atoms. The molecule has 0 saturated heterocycles. The van der Waals surface area contributed by atoms with Crippen LogP contribution in [0.2, 0.25) is 0 Å². The third kappa shape index (κ3) is 8.86. The van der Waals surface area contributed by atoms with Gasteiger partial charge in [-0.15, -0.1) is 24.0 Å². The number of hydrogen-bond donors (Lipinski definition) is 2. The lowest BCUT2D eigenvalue weighted by Crippen LogP contribution is -2.45. The molecule has 0 atom stereocenters. The number of aliphatic imine (C=N–C) groups is 1. The van der Waals surface area contributed by atoms with E-state index in [9.17, 15) is 0 Å². The number of nitrogens with zero attached hydrogens (tertiary/aromatic N) is 2. The van der Waals surface area contributed by atoms with Crippen LogP contribution in [0.3, 0.4) is 0 Å². The molecule has 0 amide bonds. The van der Waals surface area contributed by atoms with E-state index in [4.69, 9.17) is 14.2 Å². The second kappa shape index (κ2) is 14.5. The van der Waals surface area contributed by atoms with Gasteiger partial charge in [0.05, 0.1) is 20.8 Å². The Labute approximate surface area is 193 Å². The summed E-state index contributed by atoms with van der Waals surface area (Å²) in [4.78, 5) is 6.76. The molecular formula is C21H39IN4O3. The molecule has 0 heterocycles. The van der Waals surface area contributed by atoms with Crippen LogP contribution in [-0.2, 0) is 6.54 Å². The largest absolute Gasteiger partial charge is 0.493 e. The Morgan fingerprint density at radius 2 is 1.59 bits per heavy atom. The van der Waals surface area contributed by atoms with Crippen molar-refractivity contribution in [2.75, 3.05) is 41.0 Å². The van der Waals surface area contributed by atoms with E-state index in [2.05, 4.69) is 48.2 Å². The van der Waals surface area contributed by atoms with Crippen LogP contribution in [0.4, 0.5) is 0 Å². The predicted octanol–water partition coefficient (Wildman–Crippen LogP) is 3.50. The molecule has 0 aromatic heterocycles. The van der Waals surface area contributed by atoms with Gasteiger partial charge in [-0.3, -0.25) is 9.89 Å². The lowest BCUT2D eigenvalue weighted by atomic mass is 10.2. The number of benzene rings is 1. The first-order valence-electron chi connectivity index (χ1n) is 9.95. The molecule has 1 aromatic rings. The molecule has 8 heteroatoms. The Morgan fingerprint density at radius 1 is 1.03 bits per heavy atom. The average Bonchev–Trinajstić information content (AvgIpc) is 2.67. The van der Waals surface area contributed by atoms with Crippen LogP contribution in [0.15, 0.2) is 17.1 Å². The number of halogens is 1. The normalized spacial score (nSPS) is 11.5. The van der Waals surface area contributed by atoms with Gasteiger partial charge in [0.1, 0.15) is 0 Å². The summed E-state index contributed by atoms with van der Waals surface area (Å²) in [7, 11) is 5.03. The van der Waals surface area contributed by atoms with Gasteiger partial charge in [-0.05, 0) is 52.3 Å². The Balaban J connectivity index is 0.00000784. The van der Waals surface area contributed by atoms with Crippen LogP contribution in [0.5, 0.6) is 17.2 Å². The van der Waals surface area contributed by atoms with E-state index in [0.29, 0.717) is 42.5 Å². The van der Waals surface area contributed by atoms with E-state index >= 15 is 0 Å². The molecule has 0 spiro atoms. The highest BCUT2D eigenvalue weighted by molar-refractivity contribution is 14.0. The highest BCUT2D eigenvalue weighted by Gasteiger charge is 2.15. The number of nitrogens with one attached hydrogen (secondary N) is 2. The zero-order valence-corrected chi connectivity index (χ0v) is 21.5. The minimum absolute atomic E-state index is 0. The van der Waals surface area contributed by atoms with Gasteiger partial charge in [0.15, 0.2) is 17.5 Å². The molecule has 0 saturated carbocycles. The molecule has 0 fully saturated rings. The maximum absolute atomic E-state index is 5.65. The first kappa shape index (κ1) is 27.6. The topological polar surface area (TPSA) is 67.4 Å². The monoisotopic (exact) mass is 522 g/mol. The van der Waals surface area contributed by atoms with Crippen molar-refractivity contribution in [2.45, 2.75) is 53.2 Å². The second-order valence-corrected chi connectivity index (χ2v) is 7.04. The number of rotatable bonds is 11. The third-order valence-corrected chi connectivity index (χ3v) is 4.48. The molecule has 0 aliphatic rings. The molecule has 1 aromatic carbocycles. The first-order chi connectivity index (χ1) is 13.4. The number of guanidine groups is 1. The number of hydrogen-bond acceptors (Lipinski definition) is 5. The molecule has 29 heavy (non-hydrogen) atoms. The fourth-order valence-corrected chi connectivity index (χ4v) is 3.15. The summed E-state index contributed by atoms with van der Waals surface area (Å²) in [5, 5.41) is 6.72. The molecule has 2 N–H and O–H groups in total. The maximum Gasteiger partial charge on any atom is 0.203 e. The van der Waals surface area contributed by atoms with E-state index in [1.807, 2.05) is 19.1 Å². The van der Waals surface area contributed by atoms with Crippen molar-refractivity contribution >= 4 is 29.9 Å². The third-order valence-electron chi connectivity index (χ3n) is 4.48. The van der Waals surface area contributed by atoms with Crippen molar-refractivity contribution < 1.29 is 14.2 Å². The summed E-state index contributed by atoms with van der Waals surface area (Å²) in [5.41, 5.74) is 1.02. The van der Waals surface area contributed by atoms with Crippen molar-refractivity contribution in [2.24, 2.45) is 4.99 Å². The van der Waals surface area contributed by atoms with Gasteiger partial charge in [0.2, 0.25) is 5.75 Å². The van der Waals surface area contributed by atoms with Crippen LogP contribution in [0.1, 0.15) is 40.2 Å². The van der Waals surface area contributed by atoms with Gasteiger partial charge < -0.3 is 24.8 Å². The maximum atomic E-state index is 5.65. The molecule has 0 unspecified atom stereocenters. The summed E-state index contributed by atoms with van der Waals surface area (Å²) < 4.78 is 16.6. The summed E-state index contributed by atoms with van der Waals surface area (Å²) >= 11 is 0. The van der Waals surface area contributed by atoms with E-state index in [1.165, 1.54) is 0 Å². The van der Waals surface area contributed by atoms with E-state index in [1.54, 1.807) is 21.3 Å². The number of methoxy groups -OCH3 is 2. The van der Waals surface area contributed by atoms with Gasteiger partial charge >= 0.3 is 0 Å². The summed E-state index contributed by atoms with van der Waals surface area (Å²) in [6.07, 6.45) is 0. The molecule has 168 valence electrons.